The lowest BCUT2D eigenvalue weighted by atomic mass is 9.98. The number of ether oxygens (including phenoxy) is 1. The van der Waals surface area contributed by atoms with Gasteiger partial charge < -0.3 is 9.84 Å². The highest BCUT2D eigenvalue weighted by Crippen LogP contribution is 2.44. The summed E-state index contributed by atoms with van der Waals surface area (Å²) in [6, 6.07) is 15.2. The van der Waals surface area contributed by atoms with E-state index in [1.165, 1.54) is 11.8 Å². The second kappa shape index (κ2) is 8.62. The van der Waals surface area contributed by atoms with Gasteiger partial charge in [0.15, 0.2) is 0 Å². The van der Waals surface area contributed by atoms with E-state index in [4.69, 9.17) is 11.2 Å². The highest BCUT2D eigenvalue weighted by Gasteiger charge is 2.31. The van der Waals surface area contributed by atoms with Crippen molar-refractivity contribution < 1.29 is 19.4 Å². The van der Waals surface area contributed by atoms with Crippen LogP contribution in [0.5, 0.6) is 0 Å². The summed E-state index contributed by atoms with van der Waals surface area (Å²) in [5.41, 5.74) is 4.51. The van der Waals surface area contributed by atoms with E-state index >= 15 is 0 Å². The fraction of sp³-hybridized carbons (Fsp3) is 0.304. The molecule has 0 aromatic heterocycles. The number of hydrogen-bond donors (Lipinski definition) is 1. The van der Waals surface area contributed by atoms with Crippen molar-refractivity contribution in [1.82, 2.24) is 4.90 Å². The molecular formula is C23H23NO4. The lowest BCUT2D eigenvalue weighted by Crippen LogP contribution is -2.44. The molecule has 0 unspecified atom stereocenters. The van der Waals surface area contributed by atoms with E-state index in [1.807, 2.05) is 36.4 Å². The van der Waals surface area contributed by atoms with Crippen LogP contribution >= 0.6 is 0 Å². The summed E-state index contributed by atoms with van der Waals surface area (Å²) < 4.78 is 5.58. The van der Waals surface area contributed by atoms with E-state index in [9.17, 15) is 14.7 Å². The van der Waals surface area contributed by atoms with Crippen LogP contribution in [-0.4, -0.2) is 41.3 Å². The Labute approximate surface area is 164 Å². The number of terminal acetylenes is 1. The molecule has 1 N–H and O–H groups in total. The van der Waals surface area contributed by atoms with E-state index in [0.717, 1.165) is 22.3 Å². The average Bonchev–Trinajstić information content (AvgIpc) is 3.03. The van der Waals surface area contributed by atoms with Gasteiger partial charge in [-0.15, -0.1) is 12.3 Å². The number of carboxylic acids is 1. The Hall–Kier alpha value is -3.26. The molecule has 1 aliphatic carbocycles. The number of rotatable bonds is 7. The quantitative estimate of drug-likeness (QED) is 0.582. The Kier molecular flexibility index (Phi) is 6.00. The SMILES string of the molecule is C#CCCCN(C(=O)OCC1c2ccccc2-c2ccccc21)[C@H](C)C(=O)O. The van der Waals surface area contributed by atoms with Gasteiger partial charge >= 0.3 is 12.1 Å². The van der Waals surface area contributed by atoms with E-state index in [0.29, 0.717) is 12.8 Å². The first-order valence-corrected chi connectivity index (χ1v) is 9.32. The van der Waals surface area contributed by atoms with Crippen LogP contribution in [0, 0.1) is 12.3 Å². The largest absolute Gasteiger partial charge is 0.480 e. The summed E-state index contributed by atoms with van der Waals surface area (Å²) in [5, 5.41) is 9.31. The van der Waals surface area contributed by atoms with Crippen LogP contribution in [0.2, 0.25) is 0 Å². The Morgan fingerprint density at radius 1 is 1.14 bits per heavy atom. The van der Waals surface area contributed by atoms with Crippen molar-refractivity contribution in [2.24, 2.45) is 0 Å². The Balaban J connectivity index is 1.75. The van der Waals surface area contributed by atoms with E-state index in [-0.39, 0.29) is 19.1 Å². The van der Waals surface area contributed by atoms with Gasteiger partial charge in [-0.1, -0.05) is 48.5 Å². The molecule has 0 aliphatic heterocycles. The van der Waals surface area contributed by atoms with Crippen LogP contribution < -0.4 is 0 Å². The van der Waals surface area contributed by atoms with Crippen molar-refractivity contribution >= 4 is 12.1 Å². The van der Waals surface area contributed by atoms with E-state index in [2.05, 4.69) is 18.1 Å². The van der Waals surface area contributed by atoms with Crippen molar-refractivity contribution in [2.45, 2.75) is 31.7 Å². The predicted octanol–water partition coefficient (Wildman–Crippen LogP) is 4.12. The number of fused-ring (bicyclic) bond motifs is 3. The first-order valence-electron chi connectivity index (χ1n) is 9.32. The van der Waals surface area contributed by atoms with Gasteiger partial charge in [-0.05, 0) is 35.6 Å². The van der Waals surface area contributed by atoms with E-state index < -0.39 is 18.1 Å². The molecule has 0 fully saturated rings. The van der Waals surface area contributed by atoms with Crippen LogP contribution in [-0.2, 0) is 9.53 Å². The first kappa shape index (κ1) is 19.5. The molecule has 5 heteroatoms. The highest BCUT2D eigenvalue weighted by atomic mass is 16.6. The van der Waals surface area contributed by atoms with Crippen LogP contribution in [0.4, 0.5) is 4.79 Å². The summed E-state index contributed by atoms with van der Waals surface area (Å²) >= 11 is 0. The third-order valence-electron chi connectivity index (χ3n) is 5.12. The number of carboxylic acid groups (broad SMARTS) is 1. The maximum absolute atomic E-state index is 12.7. The number of unbranched alkanes of at least 4 members (excludes halogenated alkanes) is 1. The summed E-state index contributed by atoms with van der Waals surface area (Å²) in [7, 11) is 0. The third-order valence-corrected chi connectivity index (χ3v) is 5.12. The third kappa shape index (κ3) is 3.86. The zero-order chi connectivity index (χ0) is 20.1. The van der Waals surface area contributed by atoms with Crippen molar-refractivity contribution in [3.63, 3.8) is 0 Å². The summed E-state index contributed by atoms with van der Waals surface area (Å²) in [6.07, 6.45) is 5.62. The Bertz CT molecular complexity index is 869. The fourth-order valence-electron chi connectivity index (χ4n) is 3.60. The lowest BCUT2D eigenvalue weighted by molar-refractivity contribution is -0.142. The van der Waals surface area contributed by atoms with Gasteiger partial charge in [-0.2, -0.15) is 0 Å². The molecule has 1 aliphatic rings. The molecule has 0 radical (unpaired) electrons. The fourth-order valence-corrected chi connectivity index (χ4v) is 3.60. The molecule has 2 aromatic rings. The summed E-state index contributed by atoms with van der Waals surface area (Å²) in [5.74, 6) is 1.36. The number of carbonyl (C=O) groups is 2. The zero-order valence-corrected chi connectivity index (χ0v) is 15.8. The van der Waals surface area contributed by atoms with Crippen molar-refractivity contribution in [3.05, 3.63) is 59.7 Å². The molecule has 28 heavy (non-hydrogen) atoms. The molecule has 3 rings (SSSR count). The number of benzene rings is 2. The zero-order valence-electron chi connectivity index (χ0n) is 15.8. The molecule has 0 bridgehead atoms. The minimum Gasteiger partial charge on any atom is -0.480 e. The molecule has 0 saturated heterocycles. The molecule has 2 aromatic carbocycles. The highest BCUT2D eigenvalue weighted by molar-refractivity contribution is 5.81. The second-order valence-electron chi connectivity index (χ2n) is 6.82. The van der Waals surface area contributed by atoms with Crippen LogP contribution in [0.3, 0.4) is 0 Å². The molecule has 1 atom stereocenters. The van der Waals surface area contributed by atoms with Gasteiger partial charge in [-0.3, -0.25) is 4.90 Å². The number of amides is 1. The molecule has 5 nitrogen and oxygen atoms in total. The minimum atomic E-state index is -1.07. The number of aliphatic carboxylic acids is 1. The lowest BCUT2D eigenvalue weighted by Gasteiger charge is -2.26. The van der Waals surface area contributed by atoms with E-state index in [1.54, 1.807) is 0 Å². The smallest absolute Gasteiger partial charge is 0.410 e. The maximum atomic E-state index is 12.7. The number of carbonyl (C=O) groups excluding carboxylic acids is 1. The molecule has 0 spiro atoms. The van der Waals surface area contributed by atoms with Crippen LogP contribution in [0.25, 0.3) is 11.1 Å². The predicted molar refractivity (Wildman–Crippen MR) is 107 cm³/mol. The van der Waals surface area contributed by atoms with Crippen molar-refractivity contribution in [3.8, 4) is 23.5 Å². The van der Waals surface area contributed by atoms with Gasteiger partial charge in [0, 0.05) is 18.9 Å². The topological polar surface area (TPSA) is 66.8 Å². The van der Waals surface area contributed by atoms with Crippen LogP contribution in [0.15, 0.2) is 48.5 Å². The molecule has 1 amide bonds. The Morgan fingerprint density at radius 3 is 2.25 bits per heavy atom. The summed E-state index contributed by atoms with van der Waals surface area (Å²) in [6.45, 7) is 1.87. The van der Waals surface area contributed by atoms with Gasteiger partial charge in [0.05, 0.1) is 0 Å². The standard InChI is InChI=1S/C23H23NO4/c1-3-4-9-14-24(16(2)22(25)26)23(27)28-15-21-19-12-7-5-10-17(19)18-11-6-8-13-20(18)21/h1,5-8,10-13,16,21H,4,9,14-15H2,2H3,(H,25,26)/t16-/m1/s1. The van der Waals surface area contributed by atoms with Gasteiger partial charge in [0.1, 0.15) is 12.6 Å². The number of nitrogens with zero attached hydrogens (tertiary/aromatic N) is 1. The maximum Gasteiger partial charge on any atom is 0.410 e. The molecule has 144 valence electrons. The van der Waals surface area contributed by atoms with Gasteiger partial charge in [-0.25, -0.2) is 9.59 Å². The number of hydrogen-bond acceptors (Lipinski definition) is 3. The average molecular weight is 377 g/mol. The monoisotopic (exact) mass is 377 g/mol. The first-order chi connectivity index (χ1) is 13.5. The van der Waals surface area contributed by atoms with Crippen LogP contribution in [0.1, 0.15) is 36.8 Å². The molecular weight excluding hydrogens is 354 g/mol. The summed E-state index contributed by atoms with van der Waals surface area (Å²) in [4.78, 5) is 25.3. The molecule has 0 heterocycles. The normalized spacial score (nSPS) is 13.1. The minimum absolute atomic E-state index is 0.0657. The van der Waals surface area contributed by atoms with Gasteiger partial charge in [0.2, 0.25) is 0 Å². The van der Waals surface area contributed by atoms with Gasteiger partial charge in [0.25, 0.3) is 0 Å². The molecule has 0 saturated carbocycles. The van der Waals surface area contributed by atoms with Crippen molar-refractivity contribution in [1.29, 1.82) is 0 Å². The second-order valence-corrected chi connectivity index (χ2v) is 6.82. The van der Waals surface area contributed by atoms with Crippen molar-refractivity contribution in [2.75, 3.05) is 13.2 Å². The Morgan fingerprint density at radius 2 is 1.71 bits per heavy atom.